The number of benzene rings is 1. The summed E-state index contributed by atoms with van der Waals surface area (Å²) in [7, 11) is 0. The summed E-state index contributed by atoms with van der Waals surface area (Å²) in [6.07, 6.45) is 2.52. The van der Waals surface area contributed by atoms with Gasteiger partial charge in [-0.15, -0.1) is 11.8 Å². The molecule has 70 valence electrons. The minimum absolute atomic E-state index is 0.351. The van der Waals surface area contributed by atoms with Gasteiger partial charge in [0.15, 0.2) is 0 Å². The average molecular weight is 258 g/mol. The van der Waals surface area contributed by atoms with Gasteiger partial charge in [0.2, 0.25) is 0 Å². The zero-order valence-electron chi connectivity index (χ0n) is 7.29. The van der Waals surface area contributed by atoms with Crippen LogP contribution in [0.2, 0.25) is 0 Å². The maximum Gasteiger partial charge on any atom is 0.0330 e. The minimum Gasteiger partial charge on any atom is -0.329 e. The summed E-state index contributed by atoms with van der Waals surface area (Å²) in [5, 5.41) is 0. The predicted molar refractivity (Wildman–Crippen MR) is 61.0 cm³/mol. The van der Waals surface area contributed by atoms with Crippen LogP contribution in [0.25, 0.3) is 0 Å². The van der Waals surface area contributed by atoms with Crippen molar-refractivity contribution in [2.45, 2.75) is 22.5 Å². The third kappa shape index (κ3) is 2.09. The summed E-state index contributed by atoms with van der Waals surface area (Å²) in [5.41, 5.74) is 5.73. The van der Waals surface area contributed by atoms with E-state index in [2.05, 4.69) is 34.1 Å². The van der Waals surface area contributed by atoms with Crippen molar-refractivity contribution in [1.29, 1.82) is 0 Å². The van der Waals surface area contributed by atoms with Crippen molar-refractivity contribution in [3.63, 3.8) is 0 Å². The van der Waals surface area contributed by atoms with Crippen LogP contribution < -0.4 is 5.73 Å². The van der Waals surface area contributed by atoms with Crippen molar-refractivity contribution in [2.24, 2.45) is 5.73 Å². The molecule has 1 aliphatic rings. The molecule has 0 radical (unpaired) electrons. The van der Waals surface area contributed by atoms with Gasteiger partial charge in [-0.25, -0.2) is 0 Å². The highest BCUT2D eigenvalue weighted by molar-refractivity contribution is 9.10. The van der Waals surface area contributed by atoms with Gasteiger partial charge in [-0.3, -0.25) is 0 Å². The molecule has 1 aromatic carbocycles. The van der Waals surface area contributed by atoms with Crippen LogP contribution in [-0.4, -0.2) is 11.3 Å². The second-order valence-electron chi connectivity index (χ2n) is 3.42. The Bertz CT molecular complexity index is 310. The molecular weight excluding hydrogens is 246 g/mol. The molecule has 1 saturated carbocycles. The maximum atomic E-state index is 5.73. The van der Waals surface area contributed by atoms with Crippen molar-refractivity contribution >= 4 is 27.7 Å². The number of halogens is 1. The van der Waals surface area contributed by atoms with E-state index in [1.165, 1.54) is 22.2 Å². The Balaban J connectivity index is 2.14. The van der Waals surface area contributed by atoms with Crippen LogP contribution in [0.5, 0.6) is 0 Å². The molecule has 2 rings (SSSR count). The number of hydrogen-bond acceptors (Lipinski definition) is 2. The van der Waals surface area contributed by atoms with Gasteiger partial charge in [-0.05, 0) is 40.9 Å². The smallest absolute Gasteiger partial charge is 0.0330 e. The maximum absolute atomic E-state index is 5.73. The van der Waals surface area contributed by atoms with Crippen LogP contribution in [0.1, 0.15) is 12.8 Å². The van der Waals surface area contributed by atoms with Gasteiger partial charge in [-0.1, -0.05) is 12.1 Å². The highest BCUT2D eigenvalue weighted by atomic mass is 79.9. The monoisotopic (exact) mass is 257 g/mol. The molecule has 0 spiro atoms. The molecule has 3 heteroatoms. The molecular formula is C10H12BrNS. The molecule has 2 N–H and O–H groups in total. The fourth-order valence-electron chi connectivity index (χ4n) is 1.25. The van der Waals surface area contributed by atoms with E-state index in [1.54, 1.807) is 0 Å². The number of nitrogens with two attached hydrogens (primary N) is 1. The van der Waals surface area contributed by atoms with Gasteiger partial charge in [0.1, 0.15) is 0 Å². The normalized spacial score (nSPS) is 18.6. The van der Waals surface area contributed by atoms with E-state index in [0.29, 0.717) is 4.75 Å². The van der Waals surface area contributed by atoms with Crippen LogP contribution in [-0.2, 0) is 0 Å². The number of thioether (sulfide) groups is 1. The van der Waals surface area contributed by atoms with E-state index in [0.717, 1.165) is 6.54 Å². The van der Waals surface area contributed by atoms with Gasteiger partial charge >= 0.3 is 0 Å². The van der Waals surface area contributed by atoms with Gasteiger partial charge in [0.05, 0.1) is 0 Å². The highest BCUT2D eigenvalue weighted by Crippen LogP contribution is 2.52. The fraction of sp³-hybridized carbons (Fsp3) is 0.400. The first kappa shape index (κ1) is 9.56. The fourth-order valence-corrected chi connectivity index (χ4v) is 2.94. The Labute approximate surface area is 91.2 Å². The Hall–Kier alpha value is 0.01000. The Kier molecular flexibility index (Phi) is 2.67. The molecule has 0 heterocycles. The van der Waals surface area contributed by atoms with Crippen molar-refractivity contribution < 1.29 is 0 Å². The standard InChI is InChI=1S/C10H12BrNS/c11-8-3-1-2-4-9(8)13-10(7-12)5-6-10/h1-4H,5-7,12H2. The molecule has 1 nitrogen and oxygen atoms in total. The van der Waals surface area contributed by atoms with Gasteiger partial charge in [0, 0.05) is 20.7 Å². The topological polar surface area (TPSA) is 26.0 Å². The molecule has 0 atom stereocenters. The van der Waals surface area contributed by atoms with Crippen molar-refractivity contribution in [3.8, 4) is 0 Å². The lowest BCUT2D eigenvalue weighted by atomic mass is 10.4. The lowest BCUT2D eigenvalue weighted by Crippen LogP contribution is -2.17. The Morgan fingerprint density at radius 2 is 2.08 bits per heavy atom. The predicted octanol–water partition coefficient (Wildman–Crippen LogP) is 3.03. The zero-order chi connectivity index (χ0) is 9.31. The van der Waals surface area contributed by atoms with Crippen LogP contribution in [0.15, 0.2) is 33.6 Å². The molecule has 0 unspecified atom stereocenters. The minimum atomic E-state index is 0.351. The van der Waals surface area contributed by atoms with Gasteiger partial charge < -0.3 is 5.73 Å². The van der Waals surface area contributed by atoms with E-state index >= 15 is 0 Å². The number of hydrogen-bond donors (Lipinski definition) is 1. The van der Waals surface area contributed by atoms with E-state index in [4.69, 9.17) is 5.73 Å². The molecule has 13 heavy (non-hydrogen) atoms. The largest absolute Gasteiger partial charge is 0.329 e. The summed E-state index contributed by atoms with van der Waals surface area (Å²) in [5.74, 6) is 0. The quantitative estimate of drug-likeness (QED) is 0.901. The molecule has 0 amide bonds. The van der Waals surface area contributed by atoms with Crippen LogP contribution >= 0.6 is 27.7 Å². The first-order valence-electron chi connectivity index (χ1n) is 4.39. The highest BCUT2D eigenvalue weighted by Gasteiger charge is 2.42. The molecule has 0 bridgehead atoms. The first-order chi connectivity index (χ1) is 6.26. The van der Waals surface area contributed by atoms with E-state index in [1.807, 2.05) is 17.8 Å². The molecule has 1 aliphatic carbocycles. The average Bonchev–Trinajstić information content (AvgIpc) is 2.90. The van der Waals surface area contributed by atoms with Gasteiger partial charge in [-0.2, -0.15) is 0 Å². The van der Waals surface area contributed by atoms with Crippen molar-refractivity contribution in [1.82, 2.24) is 0 Å². The number of rotatable bonds is 3. The lowest BCUT2D eigenvalue weighted by Gasteiger charge is -2.12. The van der Waals surface area contributed by atoms with E-state index in [9.17, 15) is 0 Å². The summed E-state index contributed by atoms with van der Waals surface area (Å²) in [6, 6.07) is 8.33. The second kappa shape index (κ2) is 3.64. The third-order valence-electron chi connectivity index (χ3n) is 2.34. The van der Waals surface area contributed by atoms with Crippen molar-refractivity contribution in [3.05, 3.63) is 28.7 Å². The van der Waals surface area contributed by atoms with Crippen LogP contribution in [0, 0.1) is 0 Å². The van der Waals surface area contributed by atoms with Gasteiger partial charge in [0.25, 0.3) is 0 Å². The Morgan fingerprint density at radius 3 is 2.62 bits per heavy atom. The summed E-state index contributed by atoms with van der Waals surface area (Å²) < 4.78 is 1.53. The summed E-state index contributed by atoms with van der Waals surface area (Å²) in [4.78, 5) is 1.31. The molecule has 1 aromatic rings. The van der Waals surface area contributed by atoms with Crippen molar-refractivity contribution in [2.75, 3.05) is 6.54 Å². The lowest BCUT2D eigenvalue weighted by molar-refractivity contribution is 0.899. The summed E-state index contributed by atoms with van der Waals surface area (Å²) in [6.45, 7) is 0.791. The van der Waals surface area contributed by atoms with E-state index < -0.39 is 0 Å². The SMILES string of the molecule is NCC1(Sc2ccccc2Br)CC1. The molecule has 1 fully saturated rings. The summed E-state index contributed by atoms with van der Waals surface area (Å²) >= 11 is 5.46. The van der Waals surface area contributed by atoms with Crippen LogP contribution in [0.3, 0.4) is 0 Å². The second-order valence-corrected chi connectivity index (χ2v) is 5.78. The molecule has 0 aliphatic heterocycles. The molecule has 0 saturated heterocycles. The Morgan fingerprint density at radius 1 is 1.38 bits per heavy atom. The first-order valence-corrected chi connectivity index (χ1v) is 6.00. The molecule has 0 aromatic heterocycles. The van der Waals surface area contributed by atoms with Crippen LogP contribution in [0.4, 0.5) is 0 Å². The van der Waals surface area contributed by atoms with E-state index in [-0.39, 0.29) is 0 Å². The third-order valence-corrected chi connectivity index (χ3v) is 4.88. The zero-order valence-corrected chi connectivity index (χ0v) is 9.70.